The second-order valence-corrected chi connectivity index (χ2v) is 9.81. The molecule has 1 fully saturated rings. The van der Waals surface area contributed by atoms with E-state index in [0.717, 1.165) is 22.6 Å². The van der Waals surface area contributed by atoms with E-state index in [4.69, 9.17) is 9.84 Å². The second-order valence-electron chi connectivity index (χ2n) is 8.45. The van der Waals surface area contributed by atoms with Gasteiger partial charge in [-0.25, -0.2) is 13.2 Å². The van der Waals surface area contributed by atoms with E-state index in [0.29, 0.717) is 50.4 Å². The Morgan fingerprint density at radius 3 is 2.82 bits per heavy atom. The van der Waals surface area contributed by atoms with Gasteiger partial charge < -0.3 is 14.7 Å². The van der Waals surface area contributed by atoms with Crippen LogP contribution < -0.4 is 0 Å². The molecule has 1 aromatic carbocycles. The topological polar surface area (TPSA) is 87.9 Å². The van der Waals surface area contributed by atoms with Gasteiger partial charge in [0.25, 0.3) is 5.91 Å². The molecule has 0 radical (unpaired) electrons. The lowest BCUT2D eigenvalue weighted by Crippen LogP contribution is -2.37. The number of carbonyl (C=O) groups is 1. The van der Waals surface area contributed by atoms with Crippen LogP contribution in [0.1, 0.15) is 42.8 Å². The molecule has 34 heavy (non-hydrogen) atoms. The van der Waals surface area contributed by atoms with Crippen molar-refractivity contribution >= 4 is 22.7 Å². The first kappa shape index (κ1) is 24.2. The number of carbonyl (C=O) groups excluding carboxylic acids is 1. The Balaban J connectivity index is 1.74. The summed E-state index contributed by atoms with van der Waals surface area (Å²) in [4.78, 5) is 13.7. The van der Waals surface area contributed by atoms with Crippen LogP contribution in [-0.2, 0) is 33.5 Å². The number of benzene rings is 1. The van der Waals surface area contributed by atoms with Gasteiger partial charge in [-0.1, -0.05) is 17.9 Å². The molecule has 2 unspecified atom stereocenters. The van der Waals surface area contributed by atoms with E-state index in [-0.39, 0.29) is 5.91 Å². The molecule has 2 aliphatic rings. The van der Waals surface area contributed by atoms with Gasteiger partial charge >= 0.3 is 0 Å². The van der Waals surface area contributed by atoms with Gasteiger partial charge in [0, 0.05) is 56.9 Å². The van der Waals surface area contributed by atoms with Gasteiger partial charge in [-0.15, -0.1) is 0 Å². The molecule has 8 nitrogen and oxygen atoms in total. The lowest BCUT2D eigenvalue weighted by molar-refractivity contribution is -0.137. The molecule has 2 aliphatic heterocycles. The van der Waals surface area contributed by atoms with Crippen molar-refractivity contribution in [1.82, 2.24) is 19.0 Å². The molecule has 1 aromatic heterocycles. The summed E-state index contributed by atoms with van der Waals surface area (Å²) in [5.74, 6) is 6.09. The maximum absolute atomic E-state index is 12.2. The van der Waals surface area contributed by atoms with Gasteiger partial charge in [-0.3, -0.25) is 4.79 Å². The van der Waals surface area contributed by atoms with E-state index in [1.54, 1.807) is 13.3 Å². The van der Waals surface area contributed by atoms with E-state index in [2.05, 4.69) is 11.8 Å². The summed E-state index contributed by atoms with van der Waals surface area (Å²) in [5.41, 5.74) is 2.68. The average molecular weight is 483 g/mol. The van der Waals surface area contributed by atoms with Gasteiger partial charge in [0.15, 0.2) is 0 Å². The molecule has 0 saturated carbocycles. The van der Waals surface area contributed by atoms with Gasteiger partial charge in [-0.2, -0.15) is 5.10 Å². The fourth-order valence-electron chi connectivity index (χ4n) is 4.33. The summed E-state index contributed by atoms with van der Waals surface area (Å²) in [6.45, 7) is 6.05. The van der Waals surface area contributed by atoms with Crippen molar-refractivity contribution in [3.8, 4) is 17.5 Å². The van der Waals surface area contributed by atoms with Crippen molar-refractivity contribution in [2.45, 2.75) is 38.8 Å². The van der Waals surface area contributed by atoms with Crippen LogP contribution in [0, 0.1) is 11.8 Å². The number of nitrogens with zero attached hydrogens (tertiary/aromatic N) is 4. The monoisotopic (exact) mass is 482 g/mol. The number of hydrogen-bond donors (Lipinski definition) is 1. The zero-order valence-electron chi connectivity index (χ0n) is 20.0. The number of aliphatic hydroxyl groups is 1. The number of rotatable bonds is 5. The number of allylic oxidation sites excluding steroid dienone is 1. The normalized spacial score (nSPS) is 21.7. The molecule has 2 atom stereocenters. The molecule has 1 amide bonds. The molecule has 4 rings (SSSR count). The third-order valence-corrected chi connectivity index (χ3v) is 7.23. The first-order valence-electron chi connectivity index (χ1n) is 11.4. The highest BCUT2D eigenvalue weighted by atomic mass is 32.2. The van der Waals surface area contributed by atoms with Crippen LogP contribution in [-0.4, -0.2) is 72.8 Å². The van der Waals surface area contributed by atoms with Crippen molar-refractivity contribution in [3.05, 3.63) is 52.9 Å². The Kier molecular flexibility index (Phi) is 6.94. The van der Waals surface area contributed by atoms with Gasteiger partial charge in [0.2, 0.25) is 5.60 Å². The smallest absolute Gasteiger partial charge is 0.267 e. The van der Waals surface area contributed by atoms with E-state index >= 15 is 0 Å². The van der Waals surface area contributed by atoms with E-state index in [1.165, 1.54) is 4.90 Å². The van der Waals surface area contributed by atoms with Crippen LogP contribution in [0.15, 0.2) is 30.3 Å². The summed E-state index contributed by atoms with van der Waals surface area (Å²) in [7, 11) is 0.588. The summed E-state index contributed by atoms with van der Waals surface area (Å²) in [6.07, 6.45) is 4.58. The SMILES string of the molecule is CC=C(OCC)c1nn(-c2cccc(C#CC3(O)CCN(C)C3=O)c2)c2c1CN(S(C)=O)CC2. The summed E-state index contributed by atoms with van der Waals surface area (Å²) in [6, 6.07) is 7.58. The zero-order chi connectivity index (χ0) is 24.5. The number of likely N-dealkylation sites (N-methyl/N-ethyl adjacent to an activating group) is 1. The van der Waals surface area contributed by atoms with E-state index in [9.17, 15) is 14.1 Å². The predicted molar refractivity (Wildman–Crippen MR) is 131 cm³/mol. The lowest BCUT2D eigenvalue weighted by Gasteiger charge is -2.25. The second kappa shape index (κ2) is 9.74. The minimum Gasteiger partial charge on any atom is -0.492 e. The molecule has 9 heteroatoms. The molecule has 180 valence electrons. The van der Waals surface area contributed by atoms with Crippen LogP contribution in [0.25, 0.3) is 11.4 Å². The number of hydrogen-bond acceptors (Lipinski definition) is 5. The molecule has 0 aliphatic carbocycles. The Morgan fingerprint density at radius 1 is 1.38 bits per heavy atom. The van der Waals surface area contributed by atoms with Crippen molar-refractivity contribution < 1.29 is 18.8 Å². The number of fused-ring (bicyclic) bond motifs is 1. The van der Waals surface area contributed by atoms with Crippen molar-refractivity contribution in [1.29, 1.82) is 0 Å². The Hall–Kier alpha value is -2.93. The highest BCUT2D eigenvalue weighted by Gasteiger charge is 2.42. The molecular formula is C25H30N4O4S. The fraction of sp³-hybridized carbons (Fsp3) is 0.440. The molecule has 3 heterocycles. The van der Waals surface area contributed by atoms with E-state index < -0.39 is 16.6 Å². The third-order valence-electron chi connectivity index (χ3n) is 6.20. The highest BCUT2D eigenvalue weighted by Crippen LogP contribution is 2.30. The van der Waals surface area contributed by atoms with E-state index in [1.807, 2.05) is 53.2 Å². The highest BCUT2D eigenvalue weighted by molar-refractivity contribution is 7.81. The summed E-state index contributed by atoms with van der Waals surface area (Å²) >= 11 is 0. The first-order chi connectivity index (χ1) is 16.3. The summed E-state index contributed by atoms with van der Waals surface area (Å²) < 4.78 is 21.8. The van der Waals surface area contributed by atoms with Crippen LogP contribution in [0.2, 0.25) is 0 Å². The molecule has 1 N–H and O–H groups in total. The van der Waals surface area contributed by atoms with Crippen molar-refractivity contribution in [2.24, 2.45) is 0 Å². The van der Waals surface area contributed by atoms with Crippen LogP contribution in [0.3, 0.4) is 0 Å². The van der Waals surface area contributed by atoms with Crippen LogP contribution in [0.5, 0.6) is 0 Å². The zero-order valence-corrected chi connectivity index (χ0v) is 20.8. The predicted octanol–water partition coefficient (Wildman–Crippen LogP) is 1.87. The Labute approximate surface area is 202 Å². The Morgan fingerprint density at radius 2 is 2.18 bits per heavy atom. The van der Waals surface area contributed by atoms with Gasteiger partial charge in [0.1, 0.15) is 11.5 Å². The van der Waals surface area contributed by atoms with Crippen molar-refractivity contribution in [2.75, 3.05) is 33.0 Å². The molecule has 2 aromatic rings. The molecule has 1 saturated heterocycles. The number of amides is 1. The first-order valence-corrected chi connectivity index (χ1v) is 12.9. The molecular weight excluding hydrogens is 452 g/mol. The minimum absolute atomic E-state index is 0.296. The summed E-state index contributed by atoms with van der Waals surface area (Å²) in [5, 5.41) is 15.5. The number of likely N-dealkylation sites (tertiary alicyclic amines) is 1. The average Bonchev–Trinajstić information content (AvgIpc) is 3.34. The fourth-order valence-corrected chi connectivity index (χ4v) is 4.99. The minimum atomic E-state index is -1.64. The molecule has 0 spiro atoms. The number of ether oxygens (including phenoxy) is 1. The van der Waals surface area contributed by atoms with Gasteiger partial charge in [-0.05, 0) is 38.1 Å². The maximum Gasteiger partial charge on any atom is 0.267 e. The molecule has 0 bridgehead atoms. The van der Waals surface area contributed by atoms with Gasteiger partial charge in [0.05, 0.1) is 29.0 Å². The van der Waals surface area contributed by atoms with Crippen LogP contribution in [0.4, 0.5) is 0 Å². The van der Waals surface area contributed by atoms with Crippen molar-refractivity contribution in [3.63, 3.8) is 0 Å². The standard InChI is InChI=1S/C25H30N4O4S/c1-5-22(33-6-2)23-20-17-28(34(4)32)14-11-21(20)29(26-23)19-9-7-8-18(16-19)10-12-25(31)13-15-27(3)24(25)30/h5,7-9,16,31H,6,11,13-15,17H2,1-4H3. The lowest BCUT2D eigenvalue weighted by atomic mass is 10.0. The largest absolute Gasteiger partial charge is 0.492 e. The third kappa shape index (κ3) is 4.53. The maximum atomic E-state index is 12.2. The quantitative estimate of drug-likeness (QED) is 0.519. The Bertz CT molecular complexity index is 1230. The van der Waals surface area contributed by atoms with Crippen LogP contribution >= 0.6 is 0 Å². The number of aromatic nitrogens is 2.